The van der Waals surface area contributed by atoms with Gasteiger partial charge < -0.3 is 5.11 Å². The van der Waals surface area contributed by atoms with Crippen LogP contribution in [0, 0.1) is 5.92 Å². The standard InChI is InChI=1S/C13H25NO5S2/c1-20(16,17)10-21(18,19)14-9-5-4-7-12(14)11-6-2-3-8-13(11)15/h11-13,15H,2-10H2,1H3. The molecule has 8 heteroatoms. The average Bonchev–Trinajstić information content (AvgIpc) is 2.36. The molecule has 2 fully saturated rings. The Hall–Kier alpha value is -0.180. The lowest BCUT2D eigenvalue weighted by Crippen LogP contribution is -2.52. The van der Waals surface area contributed by atoms with E-state index in [4.69, 9.17) is 0 Å². The molecule has 0 amide bonds. The predicted molar refractivity (Wildman–Crippen MR) is 80.9 cm³/mol. The zero-order chi connectivity index (χ0) is 15.7. The zero-order valence-corrected chi connectivity index (χ0v) is 14.1. The molecule has 21 heavy (non-hydrogen) atoms. The van der Waals surface area contributed by atoms with E-state index in [1.54, 1.807) is 0 Å². The van der Waals surface area contributed by atoms with Crippen LogP contribution in [0.1, 0.15) is 44.9 Å². The summed E-state index contributed by atoms with van der Waals surface area (Å²) in [4.78, 5) is 0. The first-order chi connectivity index (χ1) is 9.71. The van der Waals surface area contributed by atoms with E-state index in [1.807, 2.05) is 0 Å². The van der Waals surface area contributed by atoms with Gasteiger partial charge in [-0.05, 0) is 25.7 Å². The summed E-state index contributed by atoms with van der Waals surface area (Å²) in [6.07, 6.45) is 6.36. The predicted octanol–water partition coefficient (Wildman–Crippen LogP) is 0.724. The second-order valence-corrected chi connectivity index (χ2v) is 10.8. The van der Waals surface area contributed by atoms with Crippen LogP contribution in [0.15, 0.2) is 0 Å². The minimum atomic E-state index is -3.83. The van der Waals surface area contributed by atoms with Gasteiger partial charge in [0.25, 0.3) is 0 Å². The van der Waals surface area contributed by atoms with Crippen molar-refractivity contribution in [2.45, 2.75) is 57.1 Å². The van der Waals surface area contributed by atoms with Crippen molar-refractivity contribution in [3.63, 3.8) is 0 Å². The van der Waals surface area contributed by atoms with E-state index in [0.717, 1.165) is 38.4 Å². The van der Waals surface area contributed by atoms with Gasteiger partial charge >= 0.3 is 0 Å². The van der Waals surface area contributed by atoms with E-state index >= 15 is 0 Å². The van der Waals surface area contributed by atoms with Crippen molar-refractivity contribution in [1.29, 1.82) is 0 Å². The molecule has 0 aromatic rings. The van der Waals surface area contributed by atoms with Crippen LogP contribution in [0.25, 0.3) is 0 Å². The molecule has 0 radical (unpaired) electrons. The number of aliphatic hydroxyl groups excluding tert-OH is 1. The maximum absolute atomic E-state index is 12.4. The fourth-order valence-corrected chi connectivity index (χ4v) is 7.42. The molecule has 6 nitrogen and oxygen atoms in total. The maximum Gasteiger partial charge on any atom is 0.228 e. The minimum Gasteiger partial charge on any atom is -0.393 e. The third kappa shape index (κ3) is 4.40. The van der Waals surface area contributed by atoms with Gasteiger partial charge in [-0.15, -0.1) is 0 Å². The van der Waals surface area contributed by atoms with Gasteiger partial charge in [-0.1, -0.05) is 19.3 Å². The highest BCUT2D eigenvalue weighted by Gasteiger charge is 2.41. The number of hydrogen-bond acceptors (Lipinski definition) is 5. The fraction of sp³-hybridized carbons (Fsp3) is 1.00. The van der Waals surface area contributed by atoms with Crippen LogP contribution in [0.2, 0.25) is 0 Å². The molecule has 1 N–H and O–H groups in total. The lowest BCUT2D eigenvalue weighted by Gasteiger charge is -2.42. The van der Waals surface area contributed by atoms with Gasteiger partial charge in [-0.25, -0.2) is 16.8 Å². The first-order valence-corrected chi connectivity index (χ1v) is 11.2. The van der Waals surface area contributed by atoms with Crippen molar-refractivity contribution in [3.8, 4) is 0 Å². The summed E-state index contributed by atoms with van der Waals surface area (Å²) >= 11 is 0. The Labute approximate surface area is 127 Å². The number of aliphatic hydroxyl groups is 1. The molecular formula is C13H25NO5S2. The molecule has 0 aromatic heterocycles. The maximum atomic E-state index is 12.4. The third-order valence-corrected chi connectivity index (χ3v) is 8.57. The highest BCUT2D eigenvalue weighted by Crippen LogP contribution is 2.35. The highest BCUT2D eigenvalue weighted by molar-refractivity contribution is 8.06. The Balaban J connectivity index is 2.22. The second kappa shape index (κ2) is 6.52. The van der Waals surface area contributed by atoms with E-state index in [9.17, 15) is 21.9 Å². The van der Waals surface area contributed by atoms with Crippen LogP contribution in [-0.4, -0.2) is 56.3 Å². The fourth-order valence-electron chi connectivity index (χ4n) is 3.63. The second-order valence-electron chi connectivity index (χ2n) is 6.34. The van der Waals surface area contributed by atoms with Crippen LogP contribution in [0.5, 0.6) is 0 Å². The van der Waals surface area contributed by atoms with Crippen LogP contribution in [-0.2, 0) is 19.9 Å². The Bertz CT molecular complexity index is 557. The molecule has 0 spiro atoms. The molecule has 1 saturated heterocycles. The van der Waals surface area contributed by atoms with Crippen LogP contribution >= 0.6 is 0 Å². The average molecular weight is 339 g/mol. The summed E-state index contributed by atoms with van der Waals surface area (Å²) in [7, 11) is -7.42. The Kier molecular flexibility index (Phi) is 5.33. The molecule has 3 atom stereocenters. The molecule has 3 unspecified atom stereocenters. The SMILES string of the molecule is CS(=O)(=O)CS(=O)(=O)N1CCCCC1C1CCCCC1O. The lowest BCUT2D eigenvalue weighted by atomic mass is 9.79. The molecule has 1 aliphatic heterocycles. The molecule has 1 aliphatic carbocycles. The molecule has 1 heterocycles. The first-order valence-electron chi connectivity index (χ1n) is 7.56. The Morgan fingerprint density at radius 2 is 1.62 bits per heavy atom. The molecular weight excluding hydrogens is 314 g/mol. The highest BCUT2D eigenvalue weighted by atomic mass is 32.3. The molecule has 0 bridgehead atoms. The zero-order valence-electron chi connectivity index (χ0n) is 12.4. The summed E-state index contributed by atoms with van der Waals surface area (Å²) < 4.78 is 49.0. The quantitative estimate of drug-likeness (QED) is 0.815. The van der Waals surface area contributed by atoms with Crippen molar-refractivity contribution in [3.05, 3.63) is 0 Å². The van der Waals surface area contributed by atoms with Gasteiger partial charge in [-0.2, -0.15) is 4.31 Å². The van der Waals surface area contributed by atoms with Crippen molar-refractivity contribution >= 4 is 19.9 Å². The van der Waals surface area contributed by atoms with Gasteiger partial charge in [0.2, 0.25) is 10.0 Å². The molecule has 2 rings (SSSR count). The van der Waals surface area contributed by atoms with Crippen LogP contribution in [0.4, 0.5) is 0 Å². The van der Waals surface area contributed by atoms with E-state index < -0.39 is 31.0 Å². The van der Waals surface area contributed by atoms with E-state index in [1.165, 1.54) is 4.31 Å². The topological polar surface area (TPSA) is 91.8 Å². The number of nitrogens with zero attached hydrogens (tertiary/aromatic N) is 1. The number of sulfonamides is 1. The Morgan fingerprint density at radius 1 is 1.00 bits per heavy atom. The van der Waals surface area contributed by atoms with Crippen molar-refractivity contribution in [2.24, 2.45) is 5.92 Å². The molecule has 2 aliphatic rings. The number of piperidine rings is 1. The third-order valence-electron chi connectivity index (χ3n) is 4.49. The smallest absolute Gasteiger partial charge is 0.228 e. The first kappa shape index (κ1) is 17.2. The molecule has 1 saturated carbocycles. The normalized spacial score (nSPS) is 33.0. The molecule has 124 valence electrons. The van der Waals surface area contributed by atoms with Gasteiger partial charge in [0.1, 0.15) is 0 Å². The van der Waals surface area contributed by atoms with Crippen molar-refractivity contribution in [1.82, 2.24) is 4.31 Å². The summed E-state index contributed by atoms with van der Waals surface area (Å²) in [6.45, 7) is 0.367. The summed E-state index contributed by atoms with van der Waals surface area (Å²) in [5, 5.41) is 9.36. The number of rotatable bonds is 4. The largest absolute Gasteiger partial charge is 0.393 e. The summed E-state index contributed by atoms with van der Waals surface area (Å²) in [5.41, 5.74) is 0. The number of sulfone groups is 1. The van der Waals surface area contributed by atoms with Gasteiger partial charge in [0.05, 0.1) is 6.10 Å². The van der Waals surface area contributed by atoms with Gasteiger partial charge in [-0.3, -0.25) is 0 Å². The summed E-state index contributed by atoms with van der Waals surface area (Å²) in [5.74, 6) is -0.0617. The summed E-state index contributed by atoms with van der Waals surface area (Å²) in [6, 6.07) is -0.249. The van der Waals surface area contributed by atoms with Crippen LogP contribution in [0.3, 0.4) is 0 Å². The monoisotopic (exact) mass is 339 g/mol. The molecule has 0 aromatic carbocycles. The lowest BCUT2D eigenvalue weighted by molar-refractivity contribution is 0.0205. The van der Waals surface area contributed by atoms with Gasteiger partial charge in [0.15, 0.2) is 14.9 Å². The minimum absolute atomic E-state index is 0.0617. The van der Waals surface area contributed by atoms with Crippen molar-refractivity contribution < 1.29 is 21.9 Å². The Morgan fingerprint density at radius 3 is 2.24 bits per heavy atom. The van der Waals surface area contributed by atoms with Crippen LogP contribution < -0.4 is 0 Å². The van der Waals surface area contributed by atoms with Gasteiger partial charge in [0, 0.05) is 24.8 Å². The van der Waals surface area contributed by atoms with E-state index in [-0.39, 0.29) is 12.0 Å². The van der Waals surface area contributed by atoms with E-state index in [2.05, 4.69) is 0 Å². The van der Waals surface area contributed by atoms with E-state index in [0.29, 0.717) is 19.4 Å². The van der Waals surface area contributed by atoms with Crippen molar-refractivity contribution in [2.75, 3.05) is 17.9 Å². The number of hydrogen-bond donors (Lipinski definition) is 1.